The summed E-state index contributed by atoms with van der Waals surface area (Å²) in [6.45, 7) is 6.30. The Kier molecular flexibility index (Phi) is 7.91. The third kappa shape index (κ3) is 7.09. The molecule has 0 spiro atoms. The number of nitrogens with zero attached hydrogens (tertiary/aromatic N) is 2. The van der Waals surface area contributed by atoms with E-state index in [-0.39, 0.29) is 18.6 Å². The van der Waals surface area contributed by atoms with Crippen LogP contribution < -0.4 is 10.1 Å². The van der Waals surface area contributed by atoms with Crippen molar-refractivity contribution in [3.05, 3.63) is 29.3 Å². The first kappa shape index (κ1) is 21.0. The first-order valence-corrected chi connectivity index (χ1v) is 9.51. The predicted molar refractivity (Wildman–Crippen MR) is 104 cm³/mol. The van der Waals surface area contributed by atoms with Crippen LogP contribution in [0.15, 0.2) is 18.2 Å². The van der Waals surface area contributed by atoms with Crippen LogP contribution >= 0.6 is 0 Å². The lowest BCUT2D eigenvalue weighted by atomic mass is 10.1. The third-order valence-electron chi connectivity index (χ3n) is 4.84. The summed E-state index contributed by atoms with van der Waals surface area (Å²) in [7, 11) is 1.83. The first-order chi connectivity index (χ1) is 12.8. The van der Waals surface area contributed by atoms with Crippen LogP contribution in [0, 0.1) is 13.8 Å². The molecule has 1 saturated heterocycles. The lowest BCUT2D eigenvalue weighted by molar-refractivity contribution is -0.138. The molecule has 1 aliphatic heterocycles. The van der Waals surface area contributed by atoms with Crippen molar-refractivity contribution in [2.24, 2.45) is 0 Å². The Hall–Kier alpha value is -2.28. The molecule has 1 aliphatic rings. The van der Waals surface area contributed by atoms with Crippen molar-refractivity contribution in [1.29, 1.82) is 0 Å². The van der Waals surface area contributed by atoms with Crippen LogP contribution in [0.2, 0.25) is 0 Å². The van der Waals surface area contributed by atoms with E-state index >= 15 is 0 Å². The number of aliphatic carboxylic acids is 1. The maximum Gasteiger partial charge on any atom is 0.317 e. The van der Waals surface area contributed by atoms with E-state index in [1.54, 1.807) is 0 Å². The van der Waals surface area contributed by atoms with Gasteiger partial charge in [0.25, 0.3) is 0 Å². The number of likely N-dealkylation sites (N-methyl/N-ethyl adjacent to an activating group) is 1. The number of amides is 2. The Labute approximate surface area is 161 Å². The van der Waals surface area contributed by atoms with Gasteiger partial charge in [-0.05, 0) is 63.4 Å². The highest BCUT2D eigenvalue weighted by Gasteiger charge is 2.23. The zero-order valence-corrected chi connectivity index (χ0v) is 16.5. The molecule has 0 radical (unpaired) electrons. The summed E-state index contributed by atoms with van der Waals surface area (Å²) in [6, 6.07) is 6.18. The summed E-state index contributed by atoms with van der Waals surface area (Å²) in [4.78, 5) is 26.9. The van der Waals surface area contributed by atoms with Crippen molar-refractivity contribution in [3.63, 3.8) is 0 Å². The molecule has 0 bridgehead atoms. The highest BCUT2D eigenvalue weighted by molar-refractivity contribution is 5.74. The van der Waals surface area contributed by atoms with Gasteiger partial charge in [0.1, 0.15) is 12.4 Å². The first-order valence-electron chi connectivity index (χ1n) is 9.51. The fraction of sp³-hybridized carbons (Fsp3) is 0.600. The fourth-order valence-corrected chi connectivity index (χ4v) is 3.52. The minimum absolute atomic E-state index is 0.0344. The summed E-state index contributed by atoms with van der Waals surface area (Å²) in [6.07, 6.45) is 2.57. The average Bonchev–Trinajstić information content (AvgIpc) is 2.83. The van der Waals surface area contributed by atoms with Crippen LogP contribution in [0.3, 0.4) is 0 Å². The van der Waals surface area contributed by atoms with Gasteiger partial charge in [0.05, 0.1) is 13.1 Å². The maximum absolute atomic E-state index is 12.4. The van der Waals surface area contributed by atoms with Crippen LogP contribution in [0.1, 0.15) is 30.4 Å². The highest BCUT2D eigenvalue weighted by atomic mass is 16.5. The Morgan fingerprint density at radius 3 is 2.59 bits per heavy atom. The summed E-state index contributed by atoms with van der Waals surface area (Å²) in [5.74, 6) is 0.000908. The van der Waals surface area contributed by atoms with Crippen LogP contribution in [0.5, 0.6) is 5.75 Å². The molecule has 1 aromatic rings. The number of carboxylic acid groups (broad SMARTS) is 1. The van der Waals surface area contributed by atoms with E-state index in [0.29, 0.717) is 26.2 Å². The van der Waals surface area contributed by atoms with Crippen molar-refractivity contribution in [2.75, 3.05) is 39.8 Å². The molecule has 2 N–H and O–H groups in total. The van der Waals surface area contributed by atoms with Gasteiger partial charge in [0.2, 0.25) is 0 Å². The van der Waals surface area contributed by atoms with Gasteiger partial charge in [-0.15, -0.1) is 0 Å². The third-order valence-corrected chi connectivity index (χ3v) is 4.84. The van der Waals surface area contributed by atoms with E-state index in [1.165, 1.54) is 0 Å². The number of hydrogen-bond acceptors (Lipinski definition) is 4. The molecule has 1 unspecified atom stereocenters. The van der Waals surface area contributed by atoms with E-state index in [1.807, 2.05) is 42.8 Å². The van der Waals surface area contributed by atoms with E-state index in [9.17, 15) is 9.59 Å². The zero-order chi connectivity index (χ0) is 19.8. The summed E-state index contributed by atoms with van der Waals surface area (Å²) >= 11 is 0. The van der Waals surface area contributed by atoms with Gasteiger partial charge in [0.15, 0.2) is 0 Å². The molecule has 0 saturated carbocycles. The van der Waals surface area contributed by atoms with Crippen LogP contribution in [0.25, 0.3) is 0 Å². The molecule has 1 aromatic carbocycles. The number of hydrogen-bond donors (Lipinski definition) is 2. The number of carbonyl (C=O) groups is 2. The normalized spacial score (nSPS) is 17.5. The van der Waals surface area contributed by atoms with Gasteiger partial charge in [-0.25, -0.2) is 4.79 Å². The average molecular weight is 377 g/mol. The number of ether oxygens (including phenoxy) is 1. The van der Waals surface area contributed by atoms with Crippen molar-refractivity contribution < 1.29 is 19.4 Å². The van der Waals surface area contributed by atoms with Gasteiger partial charge < -0.3 is 20.1 Å². The van der Waals surface area contributed by atoms with Crippen LogP contribution in [-0.4, -0.2) is 72.8 Å². The highest BCUT2D eigenvalue weighted by Crippen LogP contribution is 2.17. The molecular formula is C20H31N3O4. The number of carbonyl (C=O) groups excluding carboxylic acids is 1. The molecule has 1 fully saturated rings. The molecule has 7 heteroatoms. The van der Waals surface area contributed by atoms with Crippen molar-refractivity contribution in [3.8, 4) is 5.75 Å². The van der Waals surface area contributed by atoms with E-state index in [0.717, 1.165) is 36.1 Å². The van der Waals surface area contributed by atoms with Gasteiger partial charge in [-0.1, -0.05) is 6.07 Å². The van der Waals surface area contributed by atoms with Gasteiger partial charge in [0, 0.05) is 19.1 Å². The lowest BCUT2D eigenvalue weighted by Crippen LogP contribution is -2.42. The predicted octanol–water partition coefficient (Wildman–Crippen LogP) is 2.26. The summed E-state index contributed by atoms with van der Waals surface area (Å²) in [5.41, 5.74) is 2.31. The van der Waals surface area contributed by atoms with Crippen molar-refractivity contribution in [2.45, 2.75) is 39.2 Å². The lowest BCUT2D eigenvalue weighted by Gasteiger charge is -2.25. The monoisotopic (exact) mass is 377 g/mol. The molecule has 1 atom stereocenters. The van der Waals surface area contributed by atoms with E-state index < -0.39 is 5.97 Å². The minimum Gasteiger partial charge on any atom is -0.492 e. The van der Waals surface area contributed by atoms with Crippen molar-refractivity contribution >= 4 is 12.0 Å². The second kappa shape index (κ2) is 10.2. The molecule has 150 valence electrons. The number of carboxylic acids is 1. The van der Waals surface area contributed by atoms with Gasteiger partial charge in [-0.2, -0.15) is 0 Å². The standard InChI is InChI=1S/C20H31N3O4/c1-15-11-16(2)13-18(12-15)27-10-7-21-20(26)23-8-4-5-17(6-9-23)22(3)14-19(24)25/h11-13,17H,4-10,14H2,1-3H3,(H,21,26)(H,24,25). The Morgan fingerprint density at radius 2 is 1.93 bits per heavy atom. The quantitative estimate of drug-likeness (QED) is 0.713. The number of benzene rings is 1. The zero-order valence-electron chi connectivity index (χ0n) is 16.5. The van der Waals surface area contributed by atoms with E-state index in [4.69, 9.17) is 9.84 Å². The second-order valence-electron chi connectivity index (χ2n) is 7.28. The number of likely N-dealkylation sites (tertiary alicyclic amines) is 1. The van der Waals surface area contributed by atoms with Gasteiger partial charge >= 0.3 is 12.0 Å². The van der Waals surface area contributed by atoms with Crippen LogP contribution in [-0.2, 0) is 4.79 Å². The Balaban J connectivity index is 1.72. The maximum atomic E-state index is 12.4. The molecule has 2 rings (SSSR count). The van der Waals surface area contributed by atoms with E-state index in [2.05, 4.69) is 11.4 Å². The van der Waals surface area contributed by atoms with Crippen molar-refractivity contribution in [1.82, 2.24) is 15.1 Å². The molecule has 7 nitrogen and oxygen atoms in total. The smallest absolute Gasteiger partial charge is 0.317 e. The van der Waals surface area contributed by atoms with Gasteiger partial charge in [-0.3, -0.25) is 9.69 Å². The molecule has 0 aliphatic carbocycles. The summed E-state index contributed by atoms with van der Waals surface area (Å²) < 4.78 is 5.72. The Bertz CT molecular complexity index is 630. The second-order valence-corrected chi connectivity index (χ2v) is 7.28. The Morgan fingerprint density at radius 1 is 1.22 bits per heavy atom. The summed E-state index contributed by atoms with van der Waals surface area (Å²) in [5, 5.41) is 11.8. The molecular weight excluding hydrogens is 346 g/mol. The molecule has 27 heavy (non-hydrogen) atoms. The molecule has 1 heterocycles. The number of urea groups is 1. The number of nitrogens with one attached hydrogen (secondary N) is 1. The minimum atomic E-state index is -0.819. The largest absolute Gasteiger partial charge is 0.492 e. The topological polar surface area (TPSA) is 82.1 Å². The fourth-order valence-electron chi connectivity index (χ4n) is 3.52. The SMILES string of the molecule is Cc1cc(C)cc(OCCNC(=O)N2CCCC(N(C)CC(=O)O)CC2)c1. The number of rotatable bonds is 7. The molecule has 0 aromatic heterocycles. The number of aryl methyl sites for hydroxylation is 2. The molecule has 2 amide bonds. The van der Waals surface area contributed by atoms with Crippen LogP contribution in [0.4, 0.5) is 4.79 Å².